The molecule has 4 rings (SSSR count). The van der Waals surface area contributed by atoms with Crippen LogP contribution in [0, 0.1) is 20.8 Å². The summed E-state index contributed by atoms with van der Waals surface area (Å²) in [6.45, 7) is 9.83. The van der Waals surface area contributed by atoms with Crippen LogP contribution in [-0.2, 0) is 4.79 Å². The molecule has 0 bridgehead atoms. The van der Waals surface area contributed by atoms with Gasteiger partial charge in [-0.1, -0.05) is 47.7 Å². The zero-order chi connectivity index (χ0) is 22.5. The number of hydrogen-bond acceptors (Lipinski definition) is 6. The number of nitrogens with zero attached hydrogens (tertiary/aromatic N) is 4. The van der Waals surface area contributed by atoms with Gasteiger partial charge in [-0.3, -0.25) is 4.79 Å². The molecule has 2 aromatic carbocycles. The fraction of sp³-hybridized carbons (Fsp3) is 0.320. The number of rotatable bonds is 6. The lowest BCUT2D eigenvalue weighted by molar-refractivity contribution is -0.113. The number of benzene rings is 2. The van der Waals surface area contributed by atoms with Gasteiger partial charge in [0.05, 0.1) is 5.75 Å². The normalized spacial score (nSPS) is 13.8. The lowest BCUT2D eigenvalue weighted by Crippen LogP contribution is -2.46. The summed E-state index contributed by atoms with van der Waals surface area (Å²) in [5.74, 6) is 1.20. The van der Waals surface area contributed by atoms with Gasteiger partial charge in [-0.25, -0.2) is 9.97 Å². The Kier molecular flexibility index (Phi) is 6.95. The highest BCUT2D eigenvalue weighted by Crippen LogP contribution is 2.25. The van der Waals surface area contributed by atoms with E-state index in [9.17, 15) is 4.79 Å². The van der Waals surface area contributed by atoms with Crippen LogP contribution in [0.2, 0.25) is 0 Å². The van der Waals surface area contributed by atoms with Crippen LogP contribution in [0.1, 0.15) is 16.7 Å². The SMILES string of the molecule is Cc1cc(C)c(NC(=O)CSc2cc(N3CCN(c4ccccc4)CC3)ncn2)c(C)c1. The van der Waals surface area contributed by atoms with Gasteiger partial charge in [0, 0.05) is 43.6 Å². The molecule has 1 N–H and O–H groups in total. The largest absolute Gasteiger partial charge is 0.368 e. The molecule has 2 heterocycles. The number of amides is 1. The highest BCUT2D eigenvalue weighted by molar-refractivity contribution is 7.99. The molecule has 1 fully saturated rings. The lowest BCUT2D eigenvalue weighted by atomic mass is 10.1. The first kappa shape index (κ1) is 22.1. The minimum Gasteiger partial charge on any atom is -0.368 e. The average molecular weight is 448 g/mol. The average Bonchev–Trinajstić information content (AvgIpc) is 2.81. The fourth-order valence-electron chi connectivity index (χ4n) is 4.11. The maximum absolute atomic E-state index is 12.5. The summed E-state index contributed by atoms with van der Waals surface area (Å²) in [6, 6.07) is 16.7. The molecule has 6 nitrogen and oxygen atoms in total. The predicted octanol–water partition coefficient (Wildman–Crippen LogP) is 4.46. The summed E-state index contributed by atoms with van der Waals surface area (Å²) in [6.07, 6.45) is 1.59. The highest BCUT2D eigenvalue weighted by atomic mass is 32.2. The van der Waals surface area contributed by atoms with Crippen molar-refractivity contribution in [1.29, 1.82) is 0 Å². The molecule has 32 heavy (non-hydrogen) atoms. The number of anilines is 3. The number of para-hydroxylation sites is 1. The minimum atomic E-state index is -0.0262. The molecule has 0 spiro atoms. The predicted molar refractivity (Wildman–Crippen MR) is 133 cm³/mol. The third-order valence-electron chi connectivity index (χ3n) is 5.65. The van der Waals surface area contributed by atoms with Gasteiger partial charge in [0.2, 0.25) is 5.91 Å². The van der Waals surface area contributed by atoms with Crippen molar-refractivity contribution in [3.63, 3.8) is 0 Å². The monoisotopic (exact) mass is 447 g/mol. The van der Waals surface area contributed by atoms with Gasteiger partial charge in [0.15, 0.2) is 0 Å². The second kappa shape index (κ2) is 10.0. The van der Waals surface area contributed by atoms with Gasteiger partial charge in [-0.2, -0.15) is 0 Å². The summed E-state index contributed by atoms with van der Waals surface area (Å²) in [5, 5.41) is 3.87. The molecular formula is C25H29N5OS. The van der Waals surface area contributed by atoms with E-state index < -0.39 is 0 Å². The maximum Gasteiger partial charge on any atom is 0.234 e. The molecule has 1 aliphatic rings. The molecule has 7 heteroatoms. The third kappa shape index (κ3) is 5.40. The second-order valence-corrected chi connectivity index (χ2v) is 9.13. The number of carbonyl (C=O) groups is 1. The highest BCUT2D eigenvalue weighted by Gasteiger charge is 2.19. The van der Waals surface area contributed by atoms with E-state index >= 15 is 0 Å². The van der Waals surface area contributed by atoms with Crippen LogP contribution in [-0.4, -0.2) is 47.8 Å². The molecule has 0 aliphatic carbocycles. The lowest BCUT2D eigenvalue weighted by Gasteiger charge is -2.36. The van der Waals surface area contributed by atoms with Gasteiger partial charge in [0.25, 0.3) is 0 Å². The van der Waals surface area contributed by atoms with Gasteiger partial charge >= 0.3 is 0 Å². The fourth-order valence-corrected chi connectivity index (χ4v) is 4.77. The first-order chi connectivity index (χ1) is 15.5. The van der Waals surface area contributed by atoms with E-state index in [1.54, 1.807) is 6.33 Å². The first-order valence-corrected chi connectivity index (χ1v) is 11.9. The van der Waals surface area contributed by atoms with E-state index in [1.165, 1.54) is 23.0 Å². The van der Waals surface area contributed by atoms with E-state index in [0.717, 1.165) is 53.8 Å². The summed E-state index contributed by atoms with van der Waals surface area (Å²) in [7, 11) is 0. The van der Waals surface area contributed by atoms with Crippen LogP contribution in [0.15, 0.2) is 59.9 Å². The zero-order valence-corrected chi connectivity index (χ0v) is 19.7. The van der Waals surface area contributed by atoms with Crippen molar-refractivity contribution in [2.45, 2.75) is 25.8 Å². The Balaban J connectivity index is 1.32. The maximum atomic E-state index is 12.5. The number of piperazine rings is 1. The van der Waals surface area contributed by atoms with Gasteiger partial charge in [-0.15, -0.1) is 0 Å². The van der Waals surface area contributed by atoms with Gasteiger partial charge < -0.3 is 15.1 Å². The Labute approximate surface area is 194 Å². The van der Waals surface area contributed by atoms with Crippen LogP contribution >= 0.6 is 11.8 Å². The number of aromatic nitrogens is 2. The molecule has 0 radical (unpaired) electrons. The molecule has 1 aromatic heterocycles. The van der Waals surface area contributed by atoms with E-state index in [-0.39, 0.29) is 5.91 Å². The van der Waals surface area contributed by atoms with Crippen LogP contribution in [0.25, 0.3) is 0 Å². The first-order valence-electron chi connectivity index (χ1n) is 10.9. The van der Waals surface area contributed by atoms with Crippen molar-refractivity contribution in [1.82, 2.24) is 9.97 Å². The minimum absolute atomic E-state index is 0.0262. The Morgan fingerprint density at radius 3 is 2.28 bits per heavy atom. The number of hydrogen-bond donors (Lipinski definition) is 1. The third-order valence-corrected chi connectivity index (χ3v) is 6.57. The van der Waals surface area contributed by atoms with Crippen LogP contribution in [0.5, 0.6) is 0 Å². The quantitative estimate of drug-likeness (QED) is 0.445. The van der Waals surface area contributed by atoms with Crippen LogP contribution in [0.3, 0.4) is 0 Å². The van der Waals surface area contributed by atoms with Crippen molar-refractivity contribution >= 4 is 34.9 Å². The molecule has 1 aliphatic heterocycles. The Hall–Kier alpha value is -3.06. The molecule has 3 aromatic rings. The summed E-state index contributed by atoms with van der Waals surface area (Å²) < 4.78 is 0. The van der Waals surface area contributed by atoms with E-state index in [4.69, 9.17) is 0 Å². The van der Waals surface area contributed by atoms with Gasteiger partial charge in [0.1, 0.15) is 17.2 Å². The molecule has 1 saturated heterocycles. The smallest absolute Gasteiger partial charge is 0.234 e. The van der Waals surface area contributed by atoms with Crippen LogP contribution in [0.4, 0.5) is 17.2 Å². The number of carbonyl (C=O) groups excluding carboxylic acids is 1. The van der Waals surface area contributed by atoms with Crippen molar-refractivity contribution in [2.24, 2.45) is 0 Å². The van der Waals surface area contributed by atoms with E-state index in [2.05, 4.69) is 68.4 Å². The molecule has 0 saturated carbocycles. The topological polar surface area (TPSA) is 61.4 Å². The van der Waals surface area contributed by atoms with E-state index in [0.29, 0.717) is 5.75 Å². The van der Waals surface area contributed by atoms with Crippen molar-refractivity contribution in [3.05, 3.63) is 71.5 Å². The molecular weight excluding hydrogens is 418 g/mol. The zero-order valence-electron chi connectivity index (χ0n) is 18.8. The van der Waals surface area contributed by atoms with Gasteiger partial charge in [-0.05, 0) is 44.0 Å². The summed E-state index contributed by atoms with van der Waals surface area (Å²) in [5.41, 5.74) is 5.53. The van der Waals surface area contributed by atoms with E-state index in [1.807, 2.05) is 26.0 Å². The number of nitrogens with one attached hydrogen (secondary N) is 1. The molecule has 1 amide bonds. The van der Waals surface area contributed by atoms with Crippen LogP contribution < -0.4 is 15.1 Å². The van der Waals surface area contributed by atoms with Crippen molar-refractivity contribution < 1.29 is 4.79 Å². The second-order valence-electron chi connectivity index (χ2n) is 8.13. The molecule has 0 unspecified atom stereocenters. The molecule has 0 atom stereocenters. The molecule has 166 valence electrons. The summed E-state index contributed by atoms with van der Waals surface area (Å²) >= 11 is 1.44. The standard InChI is InChI=1S/C25H29N5OS/c1-18-13-19(2)25(20(3)14-18)28-23(31)16-32-24-15-22(26-17-27-24)30-11-9-29(10-12-30)21-7-5-4-6-8-21/h4-8,13-15,17H,9-12,16H2,1-3H3,(H,28,31). The van der Waals surface area contributed by atoms with Crippen molar-refractivity contribution in [2.75, 3.05) is 47.0 Å². The Morgan fingerprint density at radius 1 is 0.938 bits per heavy atom. The number of aryl methyl sites for hydroxylation is 3. The van der Waals surface area contributed by atoms with Crippen molar-refractivity contribution in [3.8, 4) is 0 Å². The Bertz CT molecular complexity index is 1060. The summed E-state index contributed by atoms with van der Waals surface area (Å²) in [4.78, 5) is 26.0. The Morgan fingerprint density at radius 2 is 1.59 bits per heavy atom. The number of thioether (sulfide) groups is 1.